The van der Waals surface area contributed by atoms with Gasteiger partial charge in [0.15, 0.2) is 0 Å². The summed E-state index contributed by atoms with van der Waals surface area (Å²) >= 11 is 1.70. The van der Waals surface area contributed by atoms with Crippen LogP contribution in [0.3, 0.4) is 0 Å². The number of hydrogen-bond acceptors (Lipinski definition) is 3. The van der Waals surface area contributed by atoms with Crippen molar-refractivity contribution >= 4 is 17.2 Å². The molecule has 1 saturated carbocycles. The maximum atomic E-state index is 12.6. The molecule has 1 fully saturated rings. The van der Waals surface area contributed by atoms with Gasteiger partial charge in [-0.1, -0.05) is 19.9 Å². The standard InChI is InChI=1S/C14H22N2OS/c1-3-14(15,4-2)13(17)16(11-7-8-11)10-12-6-5-9-18-12/h5-6,9,11H,3-4,7-8,10,15H2,1-2H3. The summed E-state index contributed by atoms with van der Waals surface area (Å²) in [6.45, 7) is 4.72. The average molecular weight is 266 g/mol. The highest BCUT2D eigenvalue weighted by atomic mass is 32.1. The summed E-state index contributed by atoms with van der Waals surface area (Å²) in [4.78, 5) is 15.9. The highest BCUT2D eigenvalue weighted by Gasteiger charge is 2.40. The van der Waals surface area contributed by atoms with E-state index in [4.69, 9.17) is 5.73 Å². The highest BCUT2D eigenvalue weighted by Crippen LogP contribution is 2.32. The van der Waals surface area contributed by atoms with E-state index in [1.54, 1.807) is 11.3 Å². The fraction of sp³-hybridized carbons (Fsp3) is 0.643. The van der Waals surface area contributed by atoms with Gasteiger partial charge in [0, 0.05) is 10.9 Å². The summed E-state index contributed by atoms with van der Waals surface area (Å²) in [6, 6.07) is 4.54. The molecule has 0 unspecified atom stereocenters. The Morgan fingerprint density at radius 2 is 2.17 bits per heavy atom. The van der Waals surface area contributed by atoms with Gasteiger partial charge < -0.3 is 10.6 Å². The Morgan fingerprint density at radius 3 is 2.61 bits per heavy atom. The van der Waals surface area contributed by atoms with Gasteiger partial charge in [-0.2, -0.15) is 0 Å². The van der Waals surface area contributed by atoms with Gasteiger partial charge in [-0.25, -0.2) is 0 Å². The number of carbonyl (C=O) groups excluding carboxylic acids is 1. The van der Waals surface area contributed by atoms with Crippen LogP contribution in [0.15, 0.2) is 17.5 Å². The highest BCUT2D eigenvalue weighted by molar-refractivity contribution is 7.09. The first-order chi connectivity index (χ1) is 8.60. The van der Waals surface area contributed by atoms with Gasteiger partial charge in [-0.05, 0) is 37.1 Å². The SMILES string of the molecule is CCC(N)(CC)C(=O)N(Cc1cccs1)C1CC1. The second-order valence-corrected chi connectivity index (χ2v) is 6.14. The van der Waals surface area contributed by atoms with Crippen molar-refractivity contribution in [2.45, 2.75) is 57.7 Å². The third-order valence-corrected chi connectivity index (χ3v) is 4.70. The first-order valence-electron chi connectivity index (χ1n) is 6.73. The van der Waals surface area contributed by atoms with E-state index in [-0.39, 0.29) is 5.91 Å². The fourth-order valence-electron chi connectivity index (χ4n) is 2.16. The minimum Gasteiger partial charge on any atom is -0.333 e. The van der Waals surface area contributed by atoms with Crippen LogP contribution in [-0.4, -0.2) is 22.4 Å². The Morgan fingerprint density at radius 1 is 1.50 bits per heavy atom. The van der Waals surface area contributed by atoms with Crippen molar-refractivity contribution in [2.24, 2.45) is 5.73 Å². The molecule has 1 aliphatic rings. The van der Waals surface area contributed by atoms with E-state index in [2.05, 4.69) is 11.4 Å². The second-order valence-electron chi connectivity index (χ2n) is 5.11. The number of amides is 1. The van der Waals surface area contributed by atoms with Crippen LogP contribution < -0.4 is 5.73 Å². The Bertz CT molecular complexity index is 394. The molecule has 0 bridgehead atoms. The minimum absolute atomic E-state index is 0.128. The fourth-order valence-corrected chi connectivity index (χ4v) is 2.86. The number of rotatable bonds is 6. The summed E-state index contributed by atoms with van der Waals surface area (Å²) in [7, 11) is 0. The van der Waals surface area contributed by atoms with Crippen molar-refractivity contribution in [1.29, 1.82) is 0 Å². The molecule has 1 amide bonds. The van der Waals surface area contributed by atoms with Gasteiger partial charge in [-0.3, -0.25) is 4.79 Å². The molecular weight excluding hydrogens is 244 g/mol. The lowest BCUT2D eigenvalue weighted by Gasteiger charge is -2.33. The van der Waals surface area contributed by atoms with Gasteiger partial charge in [0.2, 0.25) is 5.91 Å². The average Bonchev–Trinajstić information content (AvgIpc) is 3.11. The molecule has 0 radical (unpaired) electrons. The maximum absolute atomic E-state index is 12.6. The quantitative estimate of drug-likeness (QED) is 0.860. The topological polar surface area (TPSA) is 46.3 Å². The third kappa shape index (κ3) is 2.75. The van der Waals surface area contributed by atoms with Gasteiger partial charge in [0.25, 0.3) is 0 Å². The predicted molar refractivity (Wildman–Crippen MR) is 75.4 cm³/mol. The number of thiophene rings is 1. The van der Waals surface area contributed by atoms with Crippen LogP contribution in [0.4, 0.5) is 0 Å². The lowest BCUT2D eigenvalue weighted by Crippen LogP contribution is -2.55. The molecule has 1 aromatic heterocycles. The van der Waals surface area contributed by atoms with Gasteiger partial charge in [-0.15, -0.1) is 11.3 Å². The molecule has 3 nitrogen and oxygen atoms in total. The van der Waals surface area contributed by atoms with Crippen LogP contribution in [0.2, 0.25) is 0 Å². The van der Waals surface area contributed by atoms with Crippen molar-refractivity contribution in [3.8, 4) is 0 Å². The minimum atomic E-state index is -0.681. The van der Waals surface area contributed by atoms with E-state index < -0.39 is 5.54 Å². The Kier molecular flexibility index (Phi) is 4.07. The van der Waals surface area contributed by atoms with E-state index in [0.29, 0.717) is 18.9 Å². The molecule has 1 heterocycles. The summed E-state index contributed by atoms with van der Waals surface area (Å²) in [5.74, 6) is 0.128. The Labute approximate surface area is 113 Å². The van der Waals surface area contributed by atoms with Crippen LogP contribution in [-0.2, 0) is 11.3 Å². The summed E-state index contributed by atoms with van der Waals surface area (Å²) in [5.41, 5.74) is 5.57. The molecule has 100 valence electrons. The molecule has 2 rings (SSSR count). The van der Waals surface area contributed by atoms with Gasteiger partial charge in [0.05, 0.1) is 12.1 Å². The lowest BCUT2D eigenvalue weighted by atomic mass is 9.92. The second kappa shape index (κ2) is 5.41. The van der Waals surface area contributed by atoms with Gasteiger partial charge >= 0.3 is 0 Å². The molecule has 1 aromatic rings. The zero-order valence-electron chi connectivity index (χ0n) is 11.2. The van der Waals surface area contributed by atoms with E-state index in [0.717, 1.165) is 19.4 Å². The number of hydrogen-bond donors (Lipinski definition) is 1. The number of nitrogens with zero attached hydrogens (tertiary/aromatic N) is 1. The van der Waals surface area contributed by atoms with Crippen LogP contribution >= 0.6 is 11.3 Å². The lowest BCUT2D eigenvalue weighted by molar-refractivity contribution is -0.138. The Hall–Kier alpha value is -0.870. The molecule has 0 saturated heterocycles. The van der Waals surface area contributed by atoms with Gasteiger partial charge in [0.1, 0.15) is 0 Å². The van der Waals surface area contributed by atoms with Crippen molar-refractivity contribution in [3.05, 3.63) is 22.4 Å². The molecule has 1 aliphatic carbocycles. The summed E-state index contributed by atoms with van der Waals surface area (Å²) in [5, 5.41) is 2.06. The molecule has 2 N–H and O–H groups in total. The smallest absolute Gasteiger partial charge is 0.243 e. The van der Waals surface area contributed by atoms with Crippen LogP contribution in [0.1, 0.15) is 44.4 Å². The van der Waals surface area contributed by atoms with E-state index in [1.165, 1.54) is 4.88 Å². The van der Waals surface area contributed by atoms with Crippen molar-refractivity contribution in [3.63, 3.8) is 0 Å². The van der Waals surface area contributed by atoms with E-state index in [9.17, 15) is 4.79 Å². The van der Waals surface area contributed by atoms with E-state index >= 15 is 0 Å². The largest absolute Gasteiger partial charge is 0.333 e. The third-order valence-electron chi connectivity index (χ3n) is 3.84. The predicted octanol–water partition coefficient (Wildman–Crippen LogP) is 2.76. The van der Waals surface area contributed by atoms with Crippen LogP contribution in [0.5, 0.6) is 0 Å². The zero-order chi connectivity index (χ0) is 13.2. The van der Waals surface area contributed by atoms with Crippen molar-refractivity contribution < 1.29 is 4.79 Å². The first kappa shape index (κ1) is 13.6. The summed E-state index contributed by atoms with van der Waals surface area (Å²) in [6.07, 6.45) is 3.66. The molecule has 18 heavy (non-hydrogen) atoms. The molecule has 0 atom stereocenters. The molecule has 0 spiro atoms. The summed E-state index contributed by atoms with van der Waals surface area (Å²) < 4.78 is 0. The van der Waals surface area contributed by atoms with Crippen molar-refractivity contribution in [1.82, 2.24) is 4.90 Å². The maximum Gasteiger partial charge on any atom is 0.243 e. The van der Waals surface area contributed by atoms with Crippen LogP contribution in [0, 0.1) is 0 Å². The molecule has 0 aromatic carbocycles. The molecular formula is C14H22N2OS. The first-order valence-corrected chi connectivity index (χ1v) is 7.61. The van der Waals surface area contributed by atoms with Crippen LogP contribution in [0.25, 0.3) is 0 Å². The normalized spacial score (nSPS) is 15.7. The van der Waals surface area contributed by atoms with Crippen molar-refractivity contribution in [2.75, 3.05) is 0 Å². The number of carbonyl (C=O) groups is 1. The monoisotopic (exact) mass is 266 g/mol. The van der Waals surface area contributed by atoms with E-state index in [1.807, 2.05) is 24.8 Å². The zero-order valence-corrected chi connectivity index (χ0v) is 12.0. The molecule has 4 heteroatoms. The Balaban J connectivity index is 2.12. The molecule has 0 aliphatic heterocycles. The number of nitrogens with two attached hydrogens (primary N) is 1.